The number of nitrogens with zero attached hydrogens (tertiary/aromatic N) is 4. The van der Waals surface area contributed by atoms with E-state index in [1.807, 2.05) is 24.3 Å². The van der Waals surface area contributed by atoms with E-state index in [1.54, 1.807) is 18.1 Å². The van der Waals surface area contributed by atoms with Crippen molar-refractivity contribution < 1.29 is 14.3 Å². The molecule has 0 unspecified atom stereocenters. The normalized spacial score (nSPS) is 14.2. The van der Waals surface area contributed by atoms with Gasteiger partial charge in [-0.1, -0.05) is 17.7 Å². The SMILES string of the molecule is COc1nn(C)cc1C(=O)NCC(=O)N1CCN(c2cccc(Cl)c2)CC1. The number of hydrogen-bond donors (Lipinski definition) is 1. The van der Waals surface area contributed by atoms with Crippen LogP contribution in [0.25, 0.3) is 0 Å². The van der Waals surface area contributed by atoms with Gasteiger partial charge in [0.2, 0.25) is 11.8 Å². The van der Waals surface area contributed by atoms with E-state index in [9.17, 15) is 9.59 Å². The van der Waals surface area contributed by atoms with Gasteiger partial charge in [-0.2, -0.15) is 0 Å². The number of halogens is 1. The Morgan fingerprint density at radius 2 is 2.00 bits per heavy atom. The van der Waals surface area contributed by atoms with Crippen LogP contribution in [0.15, 0.2) is 30.5 Å². The summed E-state index contributed by atoms with van der Waals surface area (Å²) in [6.45, 7) is 2.57. The van der Waals surface area contributed by atoms with E-state index < -0.39 is 0 Å². The molecule has 1 aliphatic rings. The summed E-state index contributed by atoms with van der Waals surface area (Å²) >= 11 is 6.04. The maximum absolute atomic E-state index is 12.4. The second-order valence-electron chi connectivity index (χ2n) is 6.26. The van der Waals surface area contributed by atoms with Gasteiger partial charge >= 0.3 is 0 Å². The van der Waals surface area contributed by atoms with Crippen molar-refractivity contribution in [1.82, 2.24) is 20.0 Å². The largest absolute Gasteiger partial charge is 0.479 e. The second kappa shape index (κ2) is 8.30. The van der Waals surface area contributed by atoms with E-state index in [1.165, 1.54) is 11.8 Å². The number of benzene rings is 1. The van der Waals surface area contributed by atoms with Crippen LogP contribution < -0.4 is 15.0 Å². The fourth-order valence-corrected chi connectivity index (χ4v) is 3.21. The minimum Gasteiger partial charge on any atom is -0.479 e. The summed E-state index contributed by atoms with van der Waals surface area (Å²) in [5.74, 6) is -0.264. The Hall–Kier alpha value is -2.74. The molecule has 1 aliphatic heterocycles. The van der Waals surface area contributed by atoms with E-state index in [0.29, 0.717) is 23.7 Å². The Kier molecular flexibility index (Phi) is 5.85. The van der Waals surface area contributed by atoms with Crippen LogP contribution in [0.4, 0.5) is 5.69 Å². The van der Waals surface area contributed by atoms with Crippen LogP contribution in [0.2, 0.25) is 5.02 Å². The van der Waals surface area contributed by atoms with Gasteiger partial charge in [-0.3, -0.25) is 14.3 Å². The predicted octanol–water partition coefficient (Wildman–Crippen LogP) is 1.16. The van der Waals surface area contributed by atoms with Crippen molar-refractivity contribution in [2.45, 2.75) is 0 Å². The number of rotatable bonds is 5. The van der Waals surface area contributed by atoms with Crippen LogP contribution in [-0.4, -0.2) is 66.3 Å². The molecule has 0 saturated carbocycles. The molecule has 3 rings (SSSR count). The van der Waals surface area contributed by atoms with Crippen LogP contribution in [0.1, 0.15) is 10.4 Å². The number of piperazine rings is 1. The van der Waals surface area contributed by atoms with Crippen LogP contribution >= 0.6 is 11.6 Å². The highest BCUT2D eigenvalue weighted by Crippen LogP contribution is 2.20. The van der Waals surface area contributed by atoms with Gasteiger partial charge in [-0.25, -0.2) is 0 Å². The van der Waals surface area contributed by atoms with E-state index in [4.69, 9.17) is 16.3 Å². The first kappa shape index (κ1) is 19.0. The van der Waals surface area contributed by atoms with E-state index in [0.717, 1.165) is 18.8 Å². The summed E-state index contributed by atoms with van der Waals surface area (Å²) in [5, 5.41) is 7.37. The first-order valence-electron chi connectivity index (χ1n) is 8.62. The molecular weight excluding hydrogens is 370 g/mol. The van der Waals surface area contributed by atoms with Gasteiger partial charge in [0, 0.05) is 50.1 Å². The number of ether oxygens (including phenoxy) is 1. The van der Waals surface area contributed by atoms with Crippen molar-refractivity contribution in [2.75, 3.05) is 44.7 Å². The Morgan fingerprint density at radius 3 is 2.67 bits per heavy atom. The summed E-state index contributed by atoms with van der Waals surface area (Å²) < 4.78 is 6.56. The maximum Gasteiger partial charge on any atom is 0.258 e. The Balaban J connectivity index is 1.50. The number of aryl methyl sites for hydroxylation is 1. The second-order valence-corrected chi connectivity index (χ2v) is 6.69. The topological polar surface area (TPSA) is 79.7 Å². The molecule has 0 bridgehead atoms. The zero-order valence-electron chi connectivity index (χ0n) is 15.3. The van der Waals surface area contributed by atoms with Crippen molar-refractivity contribution in [2.24, 2.45) is 7.05 Å². The Morgan fingerprint density at radius 1 is 1.26 bits per heavy atom. The molecule has 144 valence electrons. The lowest BCUT2D eigenvalue weighted by Gasteiger charge is -2.36. The number of amides is 2. The lowest BCUT2D eigenvalue weighted by molar-refractivity contribution is -0.130. The summed E-state index contributed by atoms with van der Waals surface area (Å²) in [6.07, 6.45) is 1.56. The molecule has 1 aromatic heterocycles. The number of nitrogens with one attached hydrogen (secondary N) is 1. The first-order valence-corrected chi connectivity index (χ1v) is 9.00. The lowest BCUT2D eigenvalue weighted by atomic mass is 10.2. The van der Waals surface area contributed by atoms with E-state index in [2.05, 4.69) is 15.3 Å². The molecule has 2 aromatic rings. The molecule has 0 atom stereocenters. The zero-order chi connectivity index (χ0) is 19.4. The van der Waals surface area contributed by atoms with Crippen LogP contribution in [0.3, 0.4) is 0 Å². The number of carbonyl (C=O) groups is 2. The van der Waals surface area contributed by atoms with Crippen LogP contribution in [0, 0.1) is 0 Å². The third-order valence-electron chi connectivity index (χ3n) is 4.44. The highest BCUT2D eigenvalue weighted by Gasteiger charge is 2.23. The average molecular weight is 392 g/mol. The molecule has 27 heavy (non-hydrogen) atoms. The molecule has 1 fully saturated rings. The number of hydrogen-bond acceptors (Lipinski definition) is 5. The fraction of sp³-hybridized carbons (Fsp3) is 0.389. The minimum absolute atomic E-state index is 0.0615. The van der Waals surface area contributed by atoms with Crippen molar-refractivity contribution in [3.05, 3.63) is 41.0 Å². The number of aromatic nitrogens is 2. The van der Waals surface area contributed by atoms with Crippen molar-refractivity contribution in [3.8, 4) is 5.88 Å². The molecule has 0 aliphatic carbocycles. The van der Waals surface area contributed by atoms with Crippen molar-refractivity contribution >= 4 is 29.1 Å². The van der Waals surface area contributed by atoms with Gasteiger partial charge in [0.05, 0.1) is 13.7 Å². The van der Waals surface area contributed by atoms with Gasteiger partial charge in [0.15, 0.2) is 0 Å². The van der Waals surface area contributed by atoms with Gasteiger partial charge in [-0.05, 0) is 18.2 Å². The molecule has 2 amide bonds. The maximum atomic E-state index is 12.4. The standard InChI is InChI=1S/C18H22ClN5O3/c1-22-12-15(18(21-22)27-2)17(26)20-11-16(25)24-8-6-23(7-9-24)14-5-3-4-13(19)10-14/h3-5,10,12H,6-9,11H2,1-2H3,(H,20,26). The average Bonchev–Trinajstić information content (AvgIpc) is 3.07. The van der Waals surface area contributed by atoms with E-state index in [-0.39, 0.29) is 24.2 Å². The molecule has 0 spiro atoms. The Labute approximate surface area is 162 Å². The molecule has 1 N–H and O–H groups in total. The van der Waals surface area contributed by atoms with Gasteiger partial charge < -0.3 is 19.9 Å². The third-order valence-corrected chi connectivity index (χ3v) is 4.67. The molecule has 1 saturated heterocycles. The quantitative estimate of drug-likeness (QED) is 0.827. The molecule has 8 nitrogen and oxygen atoms in total. The third kappa shape index (κ3) is 4.51. The smallest absolute Gasteiger partial charge is 0.258 e. The first-order chi connectivity index (χ1) is 13.0. The Bertz CT molecular complexity index is 830. The summed E-state index contributed by atoms with van der Waals surface area (Å²) in [7, 11) is 3.15. The van der Waals surface area contributed by atoms with Gasteiger partial charge in [0.25, 0.3) is 5.91 Å². The number of anilines is 1. The highest BCUT2D eigenvalue weighted by atomic mass is 35.5. The monoisotopic (exact) mass is 391 g/mol. The summed E-state index contributed by atoms with van der Waals surface area (Å²) in [6, 6.07) is 7.67. The summed E-state index contributed by atoms with van der Waals surface area (Å²) in [5.41, 5.74) is 1.35. The highest BCUT2D eigenvalue weighted by molar-refractivity contribution is 6.30. The minimum atomic E-state index is -0.383. The van der Waals surface area contributed by atoms with Crippen LogP contribution in [-0.2, 0) is 11.8 Å². The van der Waals surface area contributed by atoms with Gasteiger partial charge in [-0.15, -0.1) is 5.10 Å². The van der Waals surface area contributed by atoms with Gasteiger partial charge in [0.1, 0.15) is 5.56 Å². The van der Waals surface area contributed by atoms with E-state index >= 15 is 0 Å². The fourth-order valence-electron chi connectivity index (χ4n) is 3.02. The van der Waals surface area contributed by atoms with Crippen LogP contribution in [0.5, 0.6) is 5.88 Å². The molecule has 2 heterocycles. The van der Waals surface area contributed by atoms with Crippen molar-refractivity contribution in [3.63, 3.8) is 0 Å². The lowest BCUT2D eigenvalue weighted by Crippen LogP contribution is -2.51. The molecule has 9 heteroatoms. The molecular formula is C18H22ClN5O3. The predicted molar refractivity (Wildman–Crippen MR) is 102 cm³/mol. The number of methoxy groups -OCH3 is 1. The summed E-state index contributed by atoms with van der Waals surface area (Å²) in [4.78, 5) is 28.6. The van der Waals surface area contributed by atoms with Crippen molar-refractivity contribution in [1.29, 1.82) is 0 Å². The number of carbonyl (C=O) groups excluding carboxylic acids is 2. The zero-order valence-corrected chi connectivity index (χ0v) is 16.1. The molecule has 1 aromatic carbocycles. The molecule has 0 radical (unpaired) electrons.